The lowest BCUT2D eigenvalue weighted by molar-refractivity contribution is -0.116. The lowest BCUT2D eigenvalue weighted by atomic mass is 9.87. The van der Waals surface area contributed by atoms with E-state index in [1.807, 2.05) is 43.5 Å². The van der Waals surface area contributed by atoms with Gasteiger partial charge in [-0.05, 0) is 91.5 Å². The Labute approximate surface area is 202 Å². The Morgan fingerprint density at radius 3 is 2.56 bits per heavy atom. The predicted octanol–water partition coefficient (Wildman–Crippen LogP) is 5.88. The molecule has 1 atom stereocenters. The van der Waals surface area contributed by atoms with Crippen molar-refractivity contribution in [3.63, 3.8) is 0 Å². The quantitative estimate of drug-likeness (QED) is 0.219. The molecule has 3 aromatic rings. The van der Waals surface area contributed by atoms with Gasteiger partial charge in [0.05, 0.1) is 13.0 Å². The maximum atomic E-state index is 13.3. The first kappa shape index (κ1) is 25.3. The maximum absolute atomic E-state index is 13.3. The number of hydrogen-bond acceptors (Lipinski definition) is 5. The van der Waals surface area contributed by atoms with Crippen LogP contribution in [0.3, 0.4) is 0 Å². The molecule has 3 N–H and O–H groups in total. The number of phenols is 2. The van der Waals surface area contributed by atoms with Crippen molar-refractivity contribution >= 4 is 16.6 Å². The molecule has 5 nitrogen and oxygen atoms in total. The summed E-state index contributed by atoms with van der Waals surface area (Å²) >= 11 is 0. The molecule has 0 saturated heterocycles. The molecule has 0 aliphatic carbocycles. The molecule has 1 unspecified atom stereocenters. The van der Waals surface area contributed by atoms with E-state index in [0.29, 0.717) is 12.2 Å². The molecule has 3 rings (SSSR count). The first-order valence-corrected chi connectivity index (χ1v) is 12.0. The minimum Gasteiger partial charge on any atom is -0.508 e. The second kappa shape index (κ2) is 12.8. The fourth-order valence-electron chi connectivity index (χ4n) is 4.17. The largest absolute Gasteiger partial charge is 0.508 e. The number of nitrogens with one attached hydrogen (secondary N) is 1. The van der Waals surface area contributed by atoms with E-state index in [9.17, 15) is 15.0 Å². The Morgan fingerprint density at radius 2 is 1.76 bits per heavy atom. The average molecular weight is 462 g/mol. The third kappa shape index (κ3) is 7.09. The van der Waals surface area contributed by atoms with E-state index in [1.54, 1.807) is 30.3 Å². The highest BCUT2D eigenvalue weighted by atomic mass is 16.5. The third-order valence-electron chi connectivity index (χ3n) is 6.11. The van der Waals surface area contributed by atoms with E-state index in [0.717, 1.165) is 47.7 Å². The summed E-state index contributed by atoms with van der Waals surface area (Å²) in [6.07, 6.45) is 9.66. The number of ketones is 1. The van der Waals surface area contributed by atoms with Gasteiger partial charge in [0.15, 0.2) is 17.3 Å². The molecular weight excluding hydrogens is 426 g/mol. The fourth-order valence-corrected chi connectivity index (χ4v) is 4.17. The lowest BCUT2D eigenvalue weighted by Gasteiger charge is -2.17. The highest BCUT2D eigenvalue weighted by Crippen LogP contribution is 2.31. The maximum Gasteiger partial charge on any atom is 0.163 e. The monoisotopic (exact) mass is 461 g/mol. The molecular formula is C29H35NO4. The SMILES string of the molecule is CNCCCCCCC=CC(=O)C(Cc1ccc(O)c(OC)c1)c1ccc2ccc(O)cc2c1. The zero-order valence-corrected chi connectivity index (χ0v) is 20.1. The summed E-state index contributed by atoms with van der Waals surface area (Å²) < 4.78 is 5.25. The molecule has 0 aliphatic heterocycles. The number of phenolic OH excluding ortho intramolecular Hbond substituents is 2. The van der Waals surface area contributed by atoms with Gasteiger partial charge in [0, 0.05) is 0 Å². The van der Waals surface area contributed by atoms with Gasteiger partial charge in [0.1, 0.15) is 5.75 Å². The molecule has 0 aliphatic rings. The summed E-state index contributed by atoms with van der Waals surface area (Å²) in [6, 6.07) is 16.4. The summed E-state index contributed by atoms with van der Waals surface area (Å²) in [5.41, 5.74) is 1.80. The molecule has 0 aromatic heterocycles. The van der Waals surface area contributed by atoms with Crippen LogP contribution in [0, 0.1) is 0 Å². The van der Waals surface area contributed by atoms with Gasteiger partial charge in [-0.15, -0.1) is 0 Å². The van der Waals surface area contributed by atoms with Gasteiger partial charge in [0.25, 0.3) is 0 Å². The molecule has 0 amide bonds. The van der Waals surface area contributed by atoms with Crippen LogP contribution in [0.2, 0.25) is 0 Å². The van der Waals surface area contributed by atoms with E-state index in [2.05, 4.69) is 5.32 Å². The Bertz CT molecular complexity index is 1120. The molecule has 0 heterocycles. The van der Waals surface area contributed by atoms with Crippen LogP contribution >= 0.6 is 0 Å². The highest BCUT2D eigenvalue weighted by molar-refractivity contribution is 5.96. The summed E-state index contributed by atoms with van der Waals surface area (Å²) in [7, 11) is 3.48. The Kier molecular flexibility index (Phi) is 9.53. The van der Waals surface area contributed by atoms with Gasteiger partial charge >= 0.3 is 0 Å². The summed E-state index contributed by atoms with van der Waals surface area (Å²) in [4.78, 5) is 13.3. The summed E-state index contributed by atoms with van der Waals surface area (Å²) in [5, 5.41) is 24.9. The number of carbonyl (C=O) groups excluding carboxylic acids is 1. The normalized spacial score (nSPS) is 12.3. The average Bonchev–Trinajstić information content (AvgIpc) is 2.84. The van der Waals surface area contributed by atoms with E-state index < -0.39 is 0 Å². The van der Waals surface area contributed by atoms with E-state index in [4.69, 9.17) is 4.74 Å². The molecule has 0 spiro atoms. The number of hydrogen-bond donors (Lipinski definition) is 3. The van der Waals surface area contributed by atoms with E-state index in [1.165, 1.54) is 20.0 Å². The molecule has 0 radical (unpaired) electrons. The second-order valence-electron chi connectivity index (χ2n) is 8.66. The predicted molar refractivity (Wildman–Crippen MR) is 138 cm³/mol. The number of allylic oxidation sites excluding steroid dienone is 2. The van der Waals surface area contributed by atoms with Crippen LogP contribution in [0.25, 0.3) is 10.8 Å². The van der Waals surface area contributed by atoms with E-state index in [-0.39, 0.29) is 23.2 Å². The third-order valence-corrected chi connectivity index (χ3v) is 6.11. The van der Waals surface area contributed by atoms with Gasteiger partial charge in [-0.1, -0.05) is 49.2 Å². The van der Waals surface area contributed by atoms with Crippen LogP contribution in [0.5, 0.6) is 17.2 Å². The van der Waals surface area contributed by atoms with Crippen LogP contribution in [0.4, 0.5) is 0 Å². The van der Waals surface area contributed by atoms with Gasteiger partial charge in [-0.25, -0.2) is 0 Å². The molecule has 0 bridgehead atoms. The minimum absolute atomic E-state index is 0.0433. The number of rotatable bonds is 13. The Balaban J connectivity index is 1.79. The van der Waals surface area contributed by atoms with Crippen molar-refractivity contribution in [1.82, 2.24) is 5.32 Å². The van der Waals surface area contributed by atoms with Crippen LogP contribution in [-0.2, 0) is 11.2 Å². The number of fused-ring (bicyclic) bond motifs is 1. The zero-order chi connectivity index (χ0) is 24.3. The van der Waals surface area contributed by atoms with E-state index >= 15 is 0 Å². The van der Waals surface area contributed by atoms with Crippen molar-refractivity contribution in [2.45, 2.75) is 44.4 Å². The number of aromatic hydroxyl groups is 2. The van der Waals surface area contributed by atoms with Gasteiger partial charge in [-0.3, -0.25) is 4.79 Å². The van der Waals surface area contributed by atoms with Crippen molar-refractivity contribution in [2.24, 2.45) is 0 Å². The molecule has 5 heteroatoms. The van der Waals surface area contributed by atoms with Crippen LogP contribution in [-0.4, -0.2) is 36.7 Å². The Hall–Kier alpha value is -3.31. The topological polar surface area (TPSA) is 78.8 Å². The number of benzene rings is 3. The number of unbranched alkanes of at least 4 members (excludes halogenated alkanes) is 4. The minimum atomic E-state index is -0.382. The molecule has 3 aromatic carbocycles. The van der Waals surface area contributed by atoms with Crippen molar-refractivity contribution < 1.29 is 19.7 Å². The number of carbonyl (C=O) groups is 1. The Morgan fingerprint density at radius 1 is 0.971 bits per heavy atom. The van der Waals surface area contributed by atoms with Crippen LogP contribution in [0.15, 0.2) is 66.7 Å². The van der Waals surface area contributed by atoms with Crippen molar-refractivity contribution in [3.8, 4) is 17.2 Å². The summed E-state index contributed by atoms with van der Waals surface area (Å²) in [6.45, 7) is 1.04. The summed E-state index contributed by atoms with van der Waals surface area (Å²) in [5.74, 6) is 0.325. The van der Waals surface area contributed by atoms with Crippen molar-refractivity contribution in [1.29, 1.82) is 0 Å². The van der Waals surface area contributed by atoms with Crippen molar-refractivity contribution in [2.75, 3.05) is 20.7 Å². The lowest BCUT2D eigenvalue weighted by Crippen LogP contribution is -2.13. The molecule has 0 fully saturated rings. The van der Waals surface area contributed by atoms with Crippen LogP contribution in [0.1, 0.15) is 49.1 Å². The highest BCUT2D eigenvalue weighted by Gasteiger charge is 2.20. The number of methoxy groups -OCH3 is 1. The smallest absolute Gasteiger partial charge is 0.163 e. The molecule has 34 heavy (non-hydrogen) atoms. The standard InChI is InChI=1S/C29H35NO4/c1-30-16-8-6-4-3-5-7-9-27(32)26(17-21-10-15-28(33)29(18-21)34-2)23-12-11-22-13-14-25(31)20-24(22)19-23/h7,9-15,18-20,26,30-31,33H,3-6,8,16-17H2,1-2H3. The second-order valence-corrected chi connectivity index (χ2v) is 8.66. The van der Waals surface area contributed by atoms with Crippen molar-refractivity contribution in [3.05, 3.63) is 77.9 Å². The zero-order valence-electron chi connectivity index (χ0n) is 20.1. The fraction of sp³-hybridized carbons (Fsp3) is 0.345. The van der Waals surface area contributed by atoms with Gasteiger partial charge < -0.3 is 20.3 Å². The molecule has 0 saturated carbocycles. The first-order chi connectivity index (χ1) is 16.5. The van der Waals surface area contributed by atoms with Gasteiger partial charge in [-0.2, -0.15) is 0 Å². The first-order valence-electron chi connectivity index (χ1n) is 12.0. The number of ether oxygens (including phenoxy) is 1. The van der Waals surface area contributed by atoms with Gasteiger partial charge in [0.2, 0.25) is 0 Å². The van der Waals surface area contributed by atoms with Crippen LogP contribution < -0.4 is 10.1 Å². The molecule has 180 valence electrons.